The zero-order chi connectivity index (χ0) is 11.6. The highest BCUT2D eigenvalue weighted by Gasteiger charge is 2.33. The molecule has 15 heavy (non-hydrogen) atoms. The highest BCUT2D eigenvalue weighted by Crippen LogP contribution is 2.31. The molecule has 2 atom stereocenters. The lowest BCUT2D eigenvalue weighted by atomic mass is 9.82. The summed E-state index contributed by atoms with van der Waals surface area (Å²) >= 11 is 0. The van der Waals surface area contributed by atoms with Crippen molar-refractivity contribution < 1.29 is 9.22 Å². The van der Waals surface area contributed by atoms with E-state index in [9.17, 15) is 4.79 Å². The topological polar surface area (TPSA) is 26.3 Å². The van der Waals surface area contributed by atoms with Crippen LogP contribution >= 0.6 is 0 Å². The average Bonchev–Trinajstić information content (AvgIpc) is 2.05. The molecule has 86 valence electrons. The molecule has 2 nitrogen and oxygen atoms in total. The number of rotatable bonds is 3. The van der Waals surface area contributed by atoms with Crippen LogP contribution in [0.15, 0.2) is 12.2 Å². The molecule has 1 aliphatic carbocycles. The van der Waals surface area contributed by atoms with Crippen LogP contribution in [0.5, 0.6) is 0 Å². The first-order chi connectivity index (χ1) is 6.79. The van der Waals surface area contributed by atoms with Gasteiger partial charge in [0.15, 0.2) is 8.32 Å². The van der Waals surface area contributed by atoms with E-state index in [-0.39, 0.29) is 12.0 Å². The first-order valence-corrected chi connectivity index (χ1v) is 9.05. The Bertz CT molecular complexity index is 265. The van der Waals surface area contributed by atoms with Crippen molar-refractivity contribution in [3.63, 3.8) is 0 Å². The number of ketones is 1. The van der Waals surface area contributed by atoms with Crippen LogP contribution in [0, 0.1) is 5.92 Å². The Morgan fingerprint density at radius 2 is 2.07 bits per heavy atom. The number of Topliss-reactive ketones (excluding diaryl/α,β-unsaturated/α-hetero) is 1. The molecule has 0 aliphatic heterocycles. The summed E-state index contributed by atoms with van der Waals surface area (Å²) in [4.78, 5) is 11.4. The molecule has 0 aromatic carbocycles. The fraction of sp³-hybridized carbons (Fsp3) is 0.750. The van der Waals surface area contributed by atoms with Crippen molar-refractivity contribution in [2.45, 2.75) is 51.9 Å². The molecule has 1 aliphatic rings. The van der Waals surface area contributed by atoms with Gasteiger partial charge in [0.05, 0.1) is 6.10 Å². The maximum absolute atomic E-state index is 11.4. The second-order valence-corrected chi connectivity index (χ2v) is 9.96. The predicted octanol–water partition coefficient (Wildman–Crippen LogP) is 3.15. The maximum atomic E-state index is 11.4. The summed E-state index contributed by atoms with van der Waals surface area (Å²) in [5, 5.41) is 0. The molecule has 0 bridgehead atoms. The molecule has 0 heterocycles. The fourth-order valence-electron chi connectivity index (χ4n) is 2.07. The van der Waals surface area contributed by atoms with Crippen molar-refractivity contribution in [3.05, 3.63) is 12.2 Å². The maximum Gasteiger partial charge on any atom is 0.184 e. The fourth-order valence-corrected chi connectivity index (χ4v) is 3.26. The molecule has 0 unspecified atom stereocenters. The van der Waals surface area contributed by atoms with Gasteiger partial charge in [-0.2, -0.15) is 0 Å². The van der Waals surface area contributed by atoms with Crippen molar-refractivity contribution in [1.82, 2.24) is 0 Å². The number of hydrogen-bond donors (Lipinski definition) is 0. The monoisotopic (exact) mass is 226 g/mol. The molecule has 1 fully saturated rings. The van der Waals surface area contributed by atoms with E-state index in [0.29, 0.717) is 18.6 Å². The summed E-state index contributed by atoms with van der Waals surface area (Å²) in [5.41, 5.74) is 1.09. The van der Waals surface area contributed by atoms with Crippen molar-refractivity contribution >= 4 is 14.1 Å². The summed E-state index contributed by atoms with van der Waals surface area (Å²) in [6, 6.07) is 0. The Balaban J connectivity index is 2.69. The van der Waals surface area contributed by atoms with E-state index in [4.69, 9.17) is 4.43 Å². The molecule has 0 aromatic rings. The number of carbonyl (C=O) groups excluding carboxylic acids is 1. The third-order valence-corrected chi connectivity index (χ3v) is 3.75. The van der Waals surface area contributed by atoms with Gasteiger partial charge in [0.1, 0.15) is 5.78 Å². The van der Waals surface area contributed by atoms with Gasteiger partial charge in [-0.15, -0.1) is 0 Å². The molecule has 0 radical (unpaired) electrons. The van der Waals surface area contributed by atoms with Gasteiger partial charge in [-0.1, -0.05) is 12.2 Å². The summed E-state index contributed by atoms with van der Waals surface area (Å²) in [6.07, 6.45) is 2.41. The minimum Gasteiger partial charge on any atom is -0.414 e. The van der Waals surface area contributed by atoms with E-state index >= 15 is 0 Å². The van der Waals surface area contributed by atoms with E-state index in [1.807, 2.05) is 6.92 Å². The molecule has 0 saturated heterocycles. The van der Waals surface area contributed by atoms with E-state index < -0.39 is 8.32 Å². The van der Waals surface area contributed by atoms with E-state index in [2.05, 4.69) is 26.2 Å². The zero-order valence-electron chi connectivity index (χ0n) is 10.3. The van der Waals surface area contributed by atoms with Crippen LogP contribution in [-0.2, 0) is 9.22 Å². The summed E-state index contributed by atoms with van der Waals surface area (Å²) in [5.74, 6) is 0.608. The Hall–Kier alpha value is -0.413. The van der Waals surface area contributed by atoms with Gasteiger partial charge >= 0.3 is 0 Å². The lowest BCUT2D eigenvalue weighted by Crippen LogP contribution is -2.40. The highest BCUT2D eigenvalue weighted by molar-refractivity contribution is 6.69. The van der Waals surface area contributed by atoms with Crippen LogP contribution in [-0.4, -0.2) is 20.2 Å². The minimum atomic E-state index is -1.51. The molecule has 1 saturated carbocycles. The van der Waals surface area contributed by atoms with Gasteiger partial charge in [0, 0.05) is 18.8 Å². The molecule has 0 N–H and O–H groups in total. The van der Waals surface area contributed by atoms with Gasteiger partial charge < -0.3 is 4.43 Å². The zero-order valence-corrected chi connectivity index (χ0v) is 11.3. The van der Waals surface area contributed by atoms with Gasteiger partial charge in [0.2, 0.25) is 0 Å². The van der Waals surface area contributed by atoms with Crippen LogP contribution < -0.4 is 0 Å². The quantitative estimate of drug-likeness (QED) is 0.546. The second kappa shape index (κ2) is 4.62. The summed E-state index contributed by atoms with van der Waals surface area (Å²) in [6.45, 7) is 12.6. The summed E-state index contributed by atoms with van der Waals surface area (Å²) in [7, 11) is -1.51. The van der Waals surface area contributed by atoms with Crippen molar-refractivity contribution in [2.24, 2.45) is 5.92 Å². The van der Waals surface area contributed by atoms with E-state index in [0.717, 1.165) is 12.0 Å². The lowest BCUT2D eigenvalue weighted by molar-refractivity contribution is -0.123. The first kappa shape index (κ1) is 12.7. The Labute approximate surface area is 93.8 Å². The van der Waals surface area contributed by atoms with Crippen LogP contribution in [0.3, 0.4) is 0 Å². The molecular formula is C12H22O2Si. The minimum absolute atomic E-state index is 0.229. The normalized spacial score (nSPS) is 27.9. The van der Waals surface area contributed by atoms with Gasteiger partial charge in [-0.05, 0) is 33.0 Å². The molecule has 0 aromatic heterocycles. The molecule has 0 spiro atoms. The predicted molar refractivity (Wildman–Crippen MR) is 65.4 cm³/mol. The Kier molecular flexibility index (Phi) is 3.90. The van der Waals surface area contributed by atoms with Gasteiger partial charge in [-0.25, -0.2) is 0 Å². The lowest BCUT2D eigenvalue weighted by Gasteiger charge is -2.35. The SMILES string of the molecule is C=C(C)[C@@H]1CC(=O)CC[C@H]1O[Si](C)(C)C. The van der Waals surface area contributed by atoms with Crippen LogP contribution in [0.2, 0.25) is 19.6 Å². The van der Waals surface area contributed by atoms with Gasteiger partial charge in [0.25, 0.3) is 0 Å². The Morgan fingerprint density at radius 1 is 1.47 bits per heavy atom. The number of carbonyl (C=O) groups is 1. The standard InChI is InChI=1S/C12H22O2Si/c1-9(2)11-8-10(13)6-7-12(11)14-15(3,4)5/h11-12H,1,6-8H2,2-5H3/t11-,12+/m0/s1. The molecular weight excluding hydrogens is 204 g/mol. The summed E-state index contributed by atoms with van der Waals surface area (Å²) < 4.78 is 6.13. The third kappa shape index (κ3) is 3.91. The molecule has 0 amide bonds. The van der Waals surface area contributed by atoms with Crippen LogP contribution in [0.4, 0.5) is 0 Å². The third-order valence-electron chi connectivity index (χ3n) is 2.74. The average molecular weight is 226 g/mol. The largest absolute Gasteiger partial charge is 0.414 e. The van der Waals surface area contributed by atoms with Crippen molar-refractivity contribution in [3.8, 4) is 0 Å². The van der Waals surface area contributed by atoms with Crippen LogP contribution in [0.1, 0.15) is 26.2 Å². The van der Waals surface area contributed by atoms with Crippen LogP contribution in [0.25, 0.3) is 0 Å². The van der Waals surface area contributed by atoms with E-state index in [1.54, 1.807) is 0 Å². The highest BCUT2D eigenvalue weighted by atomic mass is 28.4. The second-order valence-electron chi connectivity index (χ2n) is 5.50. The van der Waals surface area contributed by atoms with Crippen molar-refractivity contribution in [2.75, 3.05) is 0 Å². The van der Waals surface area contributed by atoms with Gasteiger partial charge in [-0.3, -0.25) is 4.79 Å². The smallest absolute Gasteiger partial charge is 0.184 e. The van der Waals surface area contributed by atoms with E-state index in [1.165, 1.54) is 0 Å². The first-order valence-electron chi connectivity index (χ1n) is 5.64. The molecule has 1 rings (SSSR count). The Morgan fingerprint density at radius 3 is 2.53 bits per heavy atom. The number of hydrogen-bond acceptors (Lipinski definition) is 2. The van der Waals surface area contributed by atoms with Crippen molar-refractivity contribution in [1.29, 1.82) is 0 Å². The molecule has 3 heteroatoms.